The van der Waals surface area contributed by atoms with Gasteiger partial charge in [-0.15, -0.1) is 0 Å². The molecule has 0 spiro atoms. The lowest BCUT2D eigenvalue weighted by Crippen LogP contribution is -2.35. The summed E-state index contributed by atoms with van der Waals surface area (Å²) in [7, 11) is 0. The maximum atomic E-state index is 12.1. The van der Waals surface area contributed by atoms with Gasteiger partial charge in [0.25, 0.3) is 5.91 Å². The number of carbonyl (C=O) groups is 1. The van der Waals surface area contributed by atoms with Gasteiger partial charge in [-0.2, -0.15) is 0 Å². The molecule has 0 aromatic carbocycles. The van der Waals surface area contributed by atoms with E-state index in [-0.39, 0.29) is 11.9 Å². The van der Waals surface area contributed by atoms with Crippen LogP contribution in [0.3, 0.4) is 0 Å². The number of anilines is 1. The lowest BCUT2D eigenvalue weighted by atomic mass is 10.2. The van der Waals surface area contributed by atoms with Crippen LogP contribution < -0.4 is 10.6 Å². The highest BCUT2D eigenvalue weighted by molar-refractivity contribution is 6.33. The largest absolute Gasteiger partial charge is 0.369 e. The number of halogens is 1. The van der Waals surface area contributed by atoms with Gasteiger partial charge in [0, 0.05) is 37.7 Å². The zero-order valence-electron chi connectivity index (χ0n) is 12.0. The Morgan fingerprint density at radius 1 is 1.52 bits per heavy atom. The second kappa shape index (κ2) is 7.08. The van der Waals surface area contributed by atoms with Gasteiger partial charge in [0.2, 0.25) is 0 Å². The summed E-state index contributed by atoms with van der Waals surface area (Å²) in [5, 5.41) is 6.37. The maximum Gasteiger partial charge on any atom is 0.253 e. The second-order valence-electron chi connectivity index (χ2n) is 4.72. The number of nitrogens with zero attached hydrogens (tertiary/aromatic N) is 3. The van der Waals surface area contributed by atoms with Gasteiger partial charge in [-0.25, -0.2) is 9.97 Å². The molecule has 112 valence electrons. The Morgan fingerprint density at radius 2 is 2.33 bits per heavy atom. The van der Waals surface area contributed by atoms with E-state index in [1.807, 2.05) is 24.6 Å². The topological polar surface area (TPSA) is 71.8 Å². The van der Waals surface area contributed by atoms with Crippen molar-refractivity contribution < 1.29 is 4.79 Å². The van der Waals surface area contributed by atoms with Crippen molar-refractivity contribution in [3.05, 3.63) is 41.6 Å². The van der Waals surface area contributed by atoms with Crippen LogP contribution in [0.1, 0.15) is 24.2 Å². The molecule has 0 radical (unpaired) electrons. The number of rotatable bonds is 6. The highest BCUT2D eigenvalue weighted by atomic mass is 35.5. The minimum Gasteiger partial charge on any atom is -0.369 e. The fraction of sp³-hybridized carbons (Fsp3) is 0.357. The maximum absolute atomic E-state index is 12.1. The van der Waals surface area contributed by atoms with Gasteiger partial charge in [-0.1, -0.05) is 11.6 Å². The van der Waals surface area contributed by atoms with E-state index < -0.39 is 0 Å². The first-order valence-corrected chi connectivity index (χ1v) is 7.14. The number of carbonyl (C=O) groups excluding carboxylic acids is 1. The highest BCUT2D eigenvalue weighted by Crippen LogP contribution is 2.19. The molecule has 0 saturated carbocycles. The number of hydrogen-bond donors (Lipinski definition) is 2. The first-order valence-electron chi connectivity index (χ1n) is 6.76. The molecule has 1 unspecified atom stereocenters. The van der Waals surface area contributed by atoms with Crippen molar-refractivity contribution in [1.29, 1.82) is 0 Å². The van der Waals surface area contributed by atoms with Crippen LogP contribution in [0.5, 0.6) is 0 Å². The highest BCUT2D eigenvalue weighted by Gasteiger charge is 2.12. The lowest BCUT2D eigenvalue weighted by molar-refractivity contribution is 0.0936. The molecule has 0 saturated heterocycles. The van der Waals surface area contributed by atoms with E-state index in [1.54, 1.807) is 18.6 Å². The Kier molecular flexibility index (Phi) is 5.16. The van der Waals surface area contributed by atoms with Crippen LogP contribution in [0, 0.1) is 0 Å². The number of imidazole rings is 1. The average molecular weight is 308 g/mol. The molecule has 2 aromatic rings. The van der Waals surface area contributed by atoms with Crippen LogP contribution in [-0.4, -0.2) is 33.0 Å². The summed E-state index contributed by atoms with van der Waals surface area (Å²) in [5.74, 6) is 0.391. The van der Waals surface area contributed by atoms with Crippen molar-refractivity contribution in [2.75, 3.05) is 11.9 Å². The molecule has 0 aliphatic carbocycles. The van der Waals surface area contributed by atoms with Crippen LogP contribution >= 0.6 is 11.6 Å². The first-order chi connectivity index (χ1) is 10.1. The summed E-state index contributed by atoms with van der Waals surface area (Å²) in [4.78, 5) is 20.3. The second-order valence-corrected chi connectivity index (χ2v) is 5.13. The fourth-order valence-electron chi connectivity index (χ4n) is 1.92. The number of aromatic nitrogens is 3. The zero-order valence-corrected chi connectivity index (χ0v) is 12.8. The van der Waals surface area contributed by atoms with Crippen LogP contribution in [-0.2, 0) is 6.54 Å². The third-order valence-electron chi connectivity index (χ3n) is 2.87. The summed E-state index contributed by atoms with van der Waals surface area (Å²) in [6, 6.07) is 1.59. The molecule has 0 bridgehead atoms. The van der Waals surface area contributed by atoms with E-state index in [2.05, 4.69) is 20.6 Å². The summed E-state index contributed by atoms with van der Waals surface area (Å²) < 4.78 is 1.91. The molecule has 2 heterocycles. The van der Waals surface area contributed by atoms with Gasteiger partial charge in [-0.3, -0.25) is 4.79 Å². The molecule has 7 heteroatoms. The van der Waals surface area contributed by atoms with Crippen molar-refractivity contribution in [3.63, 3.8) is 0 Å². The molecule has 2 rings (SSSR count). The Labute approximate surface area is 128 Å². The summed E-state index contributed by atoms with van der Waals surface area (Å²) in [6.07, 6.45) is 6.79. The molecule has 0 fully saturated rings. The van der Waals surface area contributed by atoms with E-state index in [0.717, 1.165) is 6.54 Å². The smallest absolute Gasteiger partial charge is 0.253 e. The molecule has 2 N–H and O–H groups in total. The Hall–Kier alpha value is -2.08. The zero-order chi connectivity index (χ0) is 15.2. The summed E-state index contributed by atoms with van der Waals surface area (Å²) >= 11 is 6.09. The van der Waals surface area contributed by atoms with E-state index in [9.17, 15) is 4.79 Å². The summed E-state index contributed by atoms with van der Waals surface area (Å²) in [5.41, 5.74) is 0.444. The molecule has 1 atom stereocenters. The van der Waals surface area contributed by atoms with E-state index >= 15 is 0 Å². The predicted octanol–water partition coefficient (Wildman–Crippen LogP) is 2.18. The van der Waals surface area contributed by atoms with Gasteiger partial charge in [0.15, 0.2) is 0 Å². The van der Waals surface area contributed by atoms with E-state index in [0.29, 0.717) is 22.9 Å². The summed E-state index contributed by atoms with van der Waals surface area (Å²) in [6.45, 7) is 5.26. The predicted molar refractivity (Wildman–Crippen MR) is 82.6 cm³/mol. The number of amides is 1. The SMILES string of the molecule is CCNc1ncc(C(=O)NC(C)Cn2ccnc2)cc1Cl. The van der Waals surface area contributed by atoms with Crippen LogP contribution in [0.4, 0.5) is 5.82 Å². The molecular weight excluding hydrogens is 290 g/mol. The Morgan fingerprint density at radius 3 is 2.95 bits per heavy atom. The third-order valence-corrected chi connectivity index (χ3v) is 3.16. The normalized spacial score (nSPS) is 12.0. The Bertz CT molecular complexity index is 599. The minimum absolute atomic E-state index is 0.0288. The van der Waals surface area contributed by atoms with Crippen LogP contribution in [0.2, 0.25) is 5.02 Å². The van der Waals surface area contributed by atoms with Crippen molar-refractivity contribution in [2.45, 2.75) is 26.4 Å². The molecular formula is C14H18ClN5O. The molecule has 0 aliphatic heterocycles. The molecule has 1 amide bonds. The van der Waals surface area contributed by atoms with E-state index in [4.69, 9.17) is 11.6 Å². The van der Waals surface area contributed by atoms with Gasteiger partial charge in [0.1, 0.15) is 5.82 Å². The average Bonchev–Trinajstić information content (AvgIpc) is 2.93. The molecule has 0 aliphatic rings. The van der Waals surface area contributed by atoms with Crippen molar-refractivity contribution in [1.82, 2.24) is 19.9 Å². The molecule has 6 nitrogen and oxygen atoms in total. The quantitative estimate of drug-likeness (QED) is 0.858. The van der Waals surface area contributed by atoms with Gasteiger partial charge >= 0.3 is 0 Å². The van der Waals surface area contributed by atoms with Gasteiger partial charge in [-0.05, 0) is 19.9 Å². The van der Waals surface area contributed by atoms with Crippen LogP contribution in [0.25, 0.3) is 0 Å². The lowest BCUT2D eigenvalue weighted by Gasteiger charge is -2.14. The van der Waals surface area contributed by atoms with Crippen molar-refractivity contribution in [2.24, 2.45) is 0 Å². The molecule has 21 heavy (non-hydrogen) atoms. The molecule has 2 aromatic heterocycles. The van der Waals surface area contributed by atoms with Gasteiger partial charge < -0.3 is 15.2 Å². The number of nitrogens with one attached hydrogen (secondary N) is 2. The van der Waals surface area contributed by atoms with Crippen molar-refractivity contribution >= 4 is 23.3 Å². The fourth-order valence-corrected chi connectivity index (χ4v) is 2.16. The number of pyridine rings is 1. The minimum atomic E-state index is -0.194. The first kappa shape index (κ1) is 15.3. The standard InChI is InChI=1S/C14H18ClN5O/c1-3-17-13-12(15)6-11(7-18-13)14(21)19-10(2)8-20-5-4-16-9-20/h4-7,9-10H,3,8H2,1-2H3,(H,17,18)(H,19,21). The van der Waals surface area contributed by atoms with Crippen LogP contribution in [0.15, 0.2) is 31.0 Å². The third kappa shape index (κ3) is 4.19. The van der Waals surface area contributed by atoms with E-state index in [1.165, 1.54) is 6.20 Å². The van der Waals surface area contributed by atoms with Crippen molar-refractivity contribution in [3.8, 4) is 0 Å². The number of hydrogen-bond acceptors (Lipinski definition) is 4. The van der Waals surface area contributed by atoms with Gasteiger partial charge in [0.05, 0.1) is 16.9 Å². The Balaban J connectivity index is 1.98. The monoisotopic (exact) mass is 307 g/mol.